The van der Waals surface area contributed by atoms with E-state index in [1.54, 1.807) is 6.07 Å². The largest absolute Gasteiger partial charge is 0.370 e. The van der Waals surface area contributed by atoms with Gasteiger partial charge in [0.15, 0.2) is 17.2 Å². The fraction of sp³-hybridized carbons (Fsp3) is 0.111. The van der Waals surface area contributed by atoms with Crippen molar-refractivity contribution in [3.05, 3.63) is 34.6 Å². The van der Waals surface area contributed by atoms with Gasteiger partial charge in [-0.25, -0.2) is 9.38 Å². The molecule has 0 saturated heterocycles. The minimum Gasteiger partial charge on any atom is -0.370 e. The summed E-state index contributed by atoms with van der Waals surface area (Å²) in [5.74, 6) is -0.320. The van der Waals surface area contributed by atoms with Crippen LogP contribution < -0.4 is 16.4 Å². The van der Waals surface area contributed by atoms with Gasteiger partial charge in [-0.3, -0.25) is 0 Å². The summed E-state index contributed by atoms with van der Waals surface area (Å²) >= 11 is 10.8. The van der Waals surface area contributed by atoms with E-state index in [0.717, 1.165) is 0 Å². The highest BCUT2D eigenvalue weighted by Gasteiger charge is 2.22. The molecule has 0 saturated carbocycles. The van der Waals surface area contributed by atoms with Gasteiger partial charge in [0.05, 0.1) is 10.6 Å². The molecule has 0 bridgehead atoms. The topological polar surface area (TPSA) is 62.4 Å². The molecule has 4 nitrogen and oxygen atoms in total. The molecule has 1 aliphatic heterocycles. The highest BCUT2D eigenvalue weighted by molar-refractivity contribution is 7.80. The molecule has 7 heteroatoms. The van der Waals surface area contributed by atoms with E-state index in [1.165, 1.54) is 12.1 Å². The summed E-state index contributed by atoms with van der Waals surface area (Å²) in [6, 6.07) is 4.41. The van der Waals surface area contributed by atoms with Gasteiger partial charge in [-0.1, -0.05) is 17.7 Å². The lowest BCUT2D eigenvalue weighted by Crippen LogP contribution is -2.49. The minimum absolute atomic E-state index is 0.132. The van der Waals surface area contributed by atoms with Gasteiger partial charge in [-0.2, -0.15) is 0 Å². The van der Waals surface area contributed by atoms with Crippen molar-refractivity contribution in [1.29, 1.82) is 0 Å². The first-order chi connectivity index (χ1) is 7.58. The Hall–Kier alpha value is -1.40. The zero-order chi connectivity index (χ0) is 11.7. The molecule has 2 rings (SSSR count). The lowest BCUT2D eigenvalue weighted by atomic mass is 10.1. The average molecular weight is 259 g/mol. The Kier molecular flexibility index (Phi) is 2.93. The number of halogens is 2. The number of rotatable bonds is 1. The maximum Gasteiger partial charge on any atom is 0.197 e. The van der Waals surface area contributed by atoms with Crippen LogP contribution in [0, 0.1) is 5.82 Å². The van der Waals surface area contributed by atoms with E-state index in [2.05, 4.69) is 15.6 Å². The normalized spacial score (nSPS) is 19.8. The van der Waals surface area contributed by atoms with Crippen molar-refractivity contribution in [2.45, 2.75) is 6.17 Å². The summed E-state index contributed by atoms with van der Waals surface area (Å²) in [5, 5.41) is 5.94. The number of hydrogen-bond acceptors (Lipinski definition) is 3. The van der Waals surface area contributed by atoms with Crippen LogP contribution in [0.4, 0.5) is 4.39 Å². The smallest absolute Gasteiger partial charge is 0.197 e. The quantitative estimate of drug-likeness (QED) is 0.664. The summed E-state index contributed by atoms with van der Waals surface area (Å²) < 4.78 is 13.6. The Labute approximate surface area is 102 Å². The predicted octanol–water partition coefficient (Wildman–Crippen LogP) is 1.27. The number of nitrogens with one attached hydrogen (secondary N) is 2. The number of guanidine groups is 1. The minimum atomic E-state index is -0.692. The van der Waals surface area contributed by atoms with Crippen LogP contribution in [0.3, 0.4) is 0 Å². The van der Waals surface area contributed by atoms with Crippen molar-refractivity contribution < 1.29 is 4.39 Å². The van der Waals surface area contributed by atoms with Crippen LogP contribution in [0.2, 0.25) is 5.02 Å². The Morgan fingerprint density at radius 3 is 2.88 bits per heavy atom. The lowest BCUT2D eigenvalue weighted by Gasteiger charge is -2.24. The van der Waals surface area contributed by atoms with E-state index < -0.39 is 12.0 Å². The zero-order valence-corrected chi connectivity index (χ0v) is 9.57. The molecule has 0 aliphatic carbocycles. The number of aliphatic imine (C=N–C) groups is 1. The molecule has 0 fully saturated rings. The third-order valence-corrected chi connectivity index (χ3v) is 2.60. The molecule has 0 amide bonds. The summed E-state index contributed by atoms with van der Waals surface area (Å²) in [5.41, 5.74) is 5.73. The molecule has 0 aromatic heterocycles. The Bertz CT molecular complexity index is 456. The zero-order valence-electron chi connectivity index (χ0n) is 8.00. The maximum atomic E-state index is 13.6. The van der Waals surface area contributed by atoms with Gasteiger partial charge in [0, 0.05) is 0 Å². The average Bonchev–Trinajstić information content (AvgIpc) is 2.15. The highest BCUT2D eigenvalue weighted by Crippen LogP contribution is 2.27. The van der Waals surface area contributed by atoms with Crippen molar-refractivity contribution in [2.75, 3.05) is 0 Å². The van der Waals surface area contributed by atoms with E-state index in [1.807, 2.05) is 0 Å². The van der Waals surface area contributed by atoms with E-state index in [0.29, 0.717) is 0 Å². The molecule has 1 aliphatic rings. The van der Waals surface area contributed by atoms with Crippen molar-refractivity contribution >= 4 is 34.9 Å². The first kappa shape index (κ1) is 11.1. The summed E-state index contributed by atoms with van der Waals surface area (Å²) in [6.07, 6.45) is -0.692. The van der Waals surface area contributed by atoms with Gasteiger partial charge in [0.1, 0.15) is 5.82 Å². The second-order valence-electron chi connectivity index (χ2n) is 3.15. The Balaban J connectivity index is 2.44. The molecule has 0 spiro atoms. The van der Waals surface area contributed by atoms with Crippen LogP contribution in [0.1, 0.15) is 11.7 Å². The van der Waals surface area contributed by atoms with E-state index >= 15 is 0 Å². The standard InChI is InChI=1S/C9H8ClFN4S/c10-4-2-1-3-5(11)6(4)7-13-8(12)15-9(16)14-7/h1-3,7H,(H4,12,13,14,15,16). The van der Waals surface area contributed by atoms with Crippen LogP contribution in [0.25, 0.3) is 0 Å². The first-order valence-electron chi connectivity index (χ1n) is 4.42. The van der Waals surface area contributed by atoms with Crippen LogP contribution in [-0.4, -0.2) is 11.1 Å². The molecular weight excluding hydrogens is 251 g/mol. The molecule has 0 radical (unpaired) electrons. The van der Waals surface area contributed by atoms with Gasteiger partial charge in [0.25, 0.3) is 0 Å². The maximum absolute atomic E-state index is 13.6. The second-order valence-corrected chi connectivity index (χ2v) is 3.97. The fourth-order valence-corrected chi connectivity index (χ4v) is 1.87. The summed E-state index contributed by atoms with van der Waals surface area (Å²) in [7, 11) is 0. The molecule has 4 N–H and O–H groups in total. The highest BCUT2D eigenvalue weighted by atomic mass is 35.5. The Morgan fingerprint density at radius 2 is 2.25 bits per heavy atom. The molecular formula is C9H8ClFN4S. The van der Waals surface area contributed by atoms with Gasteiger partial charge < -0.3 is 16.4 Å². The third-order valence-electron chi connectivity index (χ3n) is 2.05. The number of nitrogens with zero attached hydrogens (tertiary/aromatic N) is 1. The SMILES string of the molecule is NC1=NC(c2c(F)cccc2Cl)NC(=S)N1. The van der Waals surface area contributed by atoms with Crippen molar-refractivity contribution in [3.63, 3.8) is 0 Å². The monoisotopic (exact) mass is 258 g/mol. The molecule has 1 aromatic rings. The van der Waals surface area contributed by atoms with Gasteiger partial charge in [0.2, 0.25) is 0 Å². The van der Waals surface area contributed by atoms with Crippen LogP contribution in [-0.2, 0) is 0 Å². The van der Waals surface area contributed by atoms with Crippen LogP contribution in [0.15, 0.2) is 23.2 Å². The molecule has 1 unspecified atom stereocenters. The number of hydrogen-bond donors (Lipinski definition) is 3. The number of thiocarbonyl (C=S) groups is 1. The van der Waals surface area contributed by atoms with Crippen molar-refractivity contribution in [3.8, 4) is 0 Å². The molecule has 1 heterocycles. The molecule has 84 valence electrons. The molecule has 16 heavy (non-hydrogen) atoms. The van der Waals surface area contributed by atoms with E-state index in [9.17, 15) is 4.39 Å². The van der Waals surface area contributed by atoms with E-state index in [-0.39, 0.29) is 21.7 Å². The predicted molar refractivity (Wildman–Crippen MR) is 64.6 cm³/mol. The Morgan fingerprint density at radius 1 is 1.50 bits per heavy atom. The number of benzene rings is 1. The van der Waals surface area contributed by atoms with E-state index in [4.69, 9.17) is 29.6 Å². The number of nitrogens with two attached hydrogens (primary N) is 1. The fourth-order valence-electron chi connectivity index (χ4n) is 1.39. The van der Waals surface area contributed by atoms with Gasteiger partial charge in [-0.15, -0.1) is 0 Å². The second kappa shape index (κ2) is 4.23. The molecule has 1 aromatic carbocycles. The van der Waals surface area contributed by atoms with Gasteiger partial charge in [-0.05, 0) is 24.4 Å². The molecule has 1 atom stereocenters. The van der Waals surface area contributed by atoms with Crippen molar-refractivity contribution in [1.82, 2.24) is 10.6 Å². The van der Waals surface area contributed by atoms with Crippen molar-refractivity contribution in [2.24, 2.45) is 10.7 Å². The van der Waals surface area contributed by atoms with Crippen LogP contribution >= 0.6 is 23.8 Å². The third kappa shape index (κ3) is 2.07. The van der Waals surface area contributed by atoms with Crippen LogP contribution in [0.5, 0.6) is 0 Å². The summed E-state index contributed by atoms with van der Waals surface area (Å²) in [4.78, 5) is 3.98. The summed E-state index contributed by atoms with van der Waals surface area (Å²) in [6.45, 7) is 0. The van der Waals surface area contributed by atoms with Gasteiger partial charge >= 0.3 is 0 Å². The first-order valence-corrected chi connectivity index (χ1v) is 5.21. The lowest BCUT2D eigenvalue weighted by molar-refractivity contribution is 0.564.